The van der Waals surface area contributed by atoms with E-state index in [4.69, 9.17) is 67.3 Å². The Kier molecular flexibility index (Phi) is 39.1. The molecule has 0 amide bonds. The van der Waals surface area contributed by atoms with Crippen molar-refractivity contribution in [1.82, 2.24) is 0 Å². The lowest BCUT2D eigenvalue weighted by Gasteiger charge is -2.10. The highest BCUT2D eigenvalue weighted by Crippen LogP contribution is 2.19. The molecule has 0 radical (unpaired) electrons. The maximum atomic E-state index is 5.83. The first kappa shape index (κ1) is 48.4. The lowest BCUT2D eigenvalue weighted by atomic mass is 10.1. The number of benzene rings is 1. The van der Waals surface area contributed by atoms with Crippen LogP contribution in [-0.4, -0.2) is 165 Å². The Morgan fingerprint density at radius 1 is 0.327 bits per heavy atom. The van der Waals surface area contributed by atoms with Crippen molar-refractivity contribution in [1.29, 1.82) is 0 Å². The average molecular weight is 750 g/mol. The Morgan fingerprint density at radius 3 is 0.923 bits per heavy atom. The molecule has 14 heteroatoms. The molecule has 0 heterocycles. The minimum atomic E-state index is 0.438. The average Bonchev–Trinajstić information content (AvgIpc) is 3.16. The van der Waals surface area contributed by atoms with Crippen LogP contribution in [0.4, 0.5) is 5.69 Å². The van der Waals surface area contributed by atoms with Gasteiger partial charge in [0.25, 0.3) is 0 Å². The number of hydrogen-bond acceptors (Lipinski definition) is 14. The molecule has 0 aliphatic heterocycles. The van der Waals surface area contributed by atoms with Gasteiger partial charge in [0.05, 0.1) is 158 Å². The third kappa shape index (κ3) is 36.7. The van der Waals surface area contributed by atoms with E-state index in [1.54, 1.807) is 6.07 Å². The smallest absolute Gasteiger partial charge is 0.142 e. The van der Waals surface area contributed by atoms with E-state index in [-0.39, 0.29) is 0 Å². The lowest BCUT2D eigenvalue weighted by Crippen LogP contribution is -2.15. The van der Waals surface area contributed by atoms with Crippen LogP contribution in [-0.2, 0) is 56.8 Å². The second-order valence-electron chi connectivity index (χ2n) is 11.5. The van der Waals surface area contributed by atoms with Gasteiger partial charge in [0.1, 0.15) is 12.4 Å². The second-order valence-corrected chi connectivity index (χ2v) is 11.5. The summed E-state index contributed by atoms with van der Waals surface area (Å²) in [6.07, 6.45) is 7.67. The zero-order valence-electron chi connectivity index (χ0n) is 32.1. The molecule has 0 atom stereocenters. The van der Waals surface area contributed by atoms with Crippen molar-refractivity contribution >= 4 is 5.69 Å². The van der Waals surface area contributed by atoms with E-state index in [2.05, 4.69) is 6.92 Å². The highest BCUT2D eigenvalue weighted by Gasteiger charge is 1.99. The molecule has 0 aliphatic carbocycles. The maximum absolute atomic E-state index is 5.83. The number of para-hydroxylation sites is 2. The van der Waals surface area contributed by atoms with E-state index in [0.717, 1.165) is 13.0 Å². The van der Waals surface area contributed by atoms with Gasteiger partial charge in [-0.15, -0.1) is 0 Å². The summed E-state index contributed by atoms with van der Waals surface area (Å²) in [7, 11) is 0. The largest absolute Gasteiger partial charge is 0.489 e. The Hall–Kier alpha value is -1.66. The van der Waals surface area contributed by atoms with Crippen LogP contribution in [0.3, 0.4) is 0 Å². The molecular formula is C38H71NO13. The van der Waals surface area contributed by atoms with Gasteiger partial charge in [-0.05, 0) is 18.6 Å². The molecule has 0 spiro atoms. The van der Waals surface area contributed by atoms with Gasteiger partial charge in [0.15, 0.2) is 0 Å². The third-order valence-corrected chi connectivity index (χ3v) is 7.14. The van der Waals surface area contributed by atoms with E-state index in [9.17, 15) is 0 Å². The maximum Gasteiger partial charge on any atom is 0.142 e. The van der Waals surface area contributed by atoms with Gasteiger partial charge in [-0.1, -0.05) is 51.2 Å². The monoisotopic (exact) mass is 749 g/mol. The molecule has 1 aromatic carbocycles. The first-order valence-electron chi connectivity index (χ1n) is 19.2. The van der Waals surface area contributed by atoms with Crippen molar-refractivity contribution in [2.45, 2.75) is 45.4 Å². The van der Waals surface area contributed by atoms with Crippen LogP contribution in [0.5, 0.6) is 5.75 Å². The summed E-state index contributed by atoms with van der Waals surface area (Å²) in [6, 6.07) is 7.39. The summed E-state index contributed by atoms with van der Waals surface area (Å²) >= 11 is 0. The van der Waals surface area contributed by atoms with E-state index in [1.165, 1.54) is 32.1 Å². The number of nitrogen functional groups attached to an aromatic ring is 1. The Bertz CT molecular complexity index is 827. The van der Waals surface area contributed by atoms with E-state index < -0.39 is 0 Å². The molecule has 1 rings (SSSR count). The van der Waals surface area contributed by atoms with Gasteiger partial charge >= 0.3 is 0 Å². The molecular weight excluding hydrogens is 678 g/mol. The predicted octanol–water partition coefficient (Wildman–Crippen LogP) is 4.21. The SMILES string of the molecule is CCCCCCCCOCCOCCOCCOCCOCCOCCOCCOCCOCCOCCOCCOCCOc1ccccc1N. The van der Waals surface area contributed by atoms with Crippen LogP contribution in [0.25, 0.3) is 0 Å². The first-order chi connectivity index (χ1) is 25.8. The molecule has 0 bridgehead atoms. The summed E-state index contributed by atoms with van der Waals surface area (Å²) < 4.78 is 71.6. The van der Waals surface area contributed by atoms with Crippen LogP contribution in [0.2, 0.25) is 0 Å². The van der Waals surface area contributed by atoms with Crippen molar-refractivity contribution in [3.63, 3.8) is 0 Å². The van der Waals surface area contributed by atoms with E-state index >= 15 is 0 Å². The summed E-state index contributed by atoms with van der Waals surface area (Å²) in [4.78, 5) is 0. The Morgan fingerprint density at radius 2 is 0.596 bits per heavy atom. The molecule has 0 saturated heterocycles. The third-order valence-electron chi connectivity index (χ3n) is 7.14. The minimum Gasteiger partial charge on any atom is -0.489 e. The quantitative estimate of drug-likeness (QED) is 0.0751. The number of nitrogens with two attached hydrogens (primary N) is 1. The minimum absolute atomic E-state index is 0.438. The number of hydrogen-bond donors (Lipinski definition) is 1. The molecule has 0 saturated carbocycles. The molecule has 0 unspecified atom stereocenters. The Balaban J connectivity index is 1.61. The fraction of sp³-hybridized carbons (Fsp3) is 0.842. The van der Waals surface area contributed by atoms with Gasteiger partial charge in [0, 0.05) is 6.61 Å². The number of rotatable bonds is 44. The number of anilines is 1. The fourth-order valence-electron chi connectivity index (χ4n) is 4.33. The number of unbranched alkanes of at least 4 members (excludes halogenated alkanes) is 5. The Labute approximate surface area is 313 Å². The van der Waals surface area contributed by atoms with Crippen LogP contribution in [0.15, 0.2) is 24.3 Å². The van der Waals surface area contributed by atoms with Crippen LogP contribution >= 0.6 is 0 Å². The lowest BCUT2D eigenvalue weighted by molar-refractivity contribution is -0.0285. The topological polar surface area (TPSA) is 146 Å². The van der Waals surface area contributed by atoms with Crippen LogP contribution < -0.4 is 10.5 Å². The van der Waals surface area contributed by atoms with Crippen molar-refractivity contribution < 1.29 is 61.6 Å². The molecule has 52 heavy (non-hydrogen) atoms. The van der Waals surface area contributed by atoms with Gasteiger partial charge < -0.3 is 67.3 Å². The van der Waals surface area contributed by atoms with Crippen molar-refractivity contribution in [2.24, 2.45) is 0 Å². The van der Waals surface area contributed by atoms with Gasteiger partial charge in [-0.25, -0.2) is 0 Å². The summed E-state index contributed by atoms with van der Waals surface area (Å²) in [5, 5.41) is 0. The van der Waals surface area contributed by atoms with E-state index in [0.29, 0.717) is 170 Å². The summed E-state index contributed by atoms with van der Waals surface area (Å²) in [5.74, 6) is 0.669. The molecule has 0 aromatic heterocycles. The second kappa shape index (κ2) is 42.1. The van der Waals surface area contributed by atoms with Crippen molar-refractivity contribution in [3.8, 4) is 5.75 Å². The van der Waals surface area contributed by atoms with Crippen molar-refractivity contribution in [3.05, 3.63) is 24.3 Å². The molecule has 2 N–H and O–H groups in total. The molecule has 306 valence electrons. The molecule has 0 fully saturated rings. The van der Waals surface area contributed by atoms with Gasteiger partial charge in [-0.3, -0.25) is 0 Å². The fourth-order valence-corrected chi connectivity index (χ4v) is 4.33. The van der Waals surface area contributed by atoms with E-state index in [1.807, 2.05) is 18.2 Å². The normalized spacial score (nSPS) is 11.5. The predicted molar refractivity (Wildman–Crippen MR) is 200 cm³/mol. The van der Waals surface area contributed by atoms with Gasteiger partial charge in [0.2, 0.25) is 0 Å². The van der Waals surface area contributed by atoms with Crippen LogP contribution in [0.1, 0.15) is 45.4 Å². The highest BCUT2D eigenvalue weighted by atomic mass is 16.6. The summed E-state index contributed by atoms with van der Waals surface area (Å²) in [5.41, 5.74) is 6.44. The first-order valence-corrected chi connectivity index (χ1v) is 19.2. The summed E-state index contributed by atoms with van der Waals surface area (Å²) in [6.45, 7) is 15.5. The highest BCUT2D eigenvalue weighted by molar-refractivity contribution is 5.51. The molecule has 0 aliphatic rings. The van der Waals surface area contributed by atoms with Crippen LogP contribution in [0, 0.1) is 0 Å². The van der Waals surface area contributed by atoms with Crippen molar-refractivity contribution in [2.75, 3.05) is 171 Å². The molecule has 14 nitrogen and oxygen atoms in total. The standard InChI is InChI=1S/C38H71NO13/c1-2-3-4-5-6-9-12-40-13-14-41-15-16-42-17-18-43-19-20-44-21-22-45-23-24-46-25-26-47-27-28-48-29-30-49-31-32-50-33-34-51-35-36-52-38-11-8-7-10-37(38)39/h7-8,10-11H,2-6,9,12-36,39H2,1H3. The van der Waals surface area contributed by atoms with Gasteiger partial charge in [-0.2, -0.15) is 0 Å². The zero-order chi connectivity index (χ0) is 37.1. The molecule has 1 aromatic rings. The zero-order valence-corrected chi connectivity index (χ0v) is 32.1. The number of ether oxygens (including phenoxy) is 13.